The van der Waals surface area contributed by atoms with Gasteiger partial charge in [-0.15, -0.1) is 11.3 Å². The number of nitrogens with one attached hydrogen (secondary N) is 1. The summed E-state index contributed by atoms with van der Waals surface area (Å²) < 4.78 is 0. The molecule has 0 aromatic carbocycles. The van der Waals surface area contributed by atoms with Gasteiger partial charge in [-0.25, -0.2) is 0 Å². The van der Waals surface area contributed by atoms with Gasteiger partial charge in [0.2, 0.25) is 0 Å². The Balaban J connectivity index is 2.18. The minimum Gasteiger partial charge on any atom is -0.309 e. The third kappa shape index (κ3) is 2.11. The fraction of sp³-hybridized carbons (Fsp3) is 0.692. The third-order valence-electron chi connectivity index (χ3n) is 3.60. The van der Waals surface area contributed by atoms with Crippen molar-refractivity contribution in [1.29, 1.82) is 0 Å². The first-order valence-electron chi connectivity index (χ1n) is 5.83. The first kappa shape index (κ1) is 11.2. The summed E-state index contributed by atoms with van der Waals surface area (Å²) in [7, 11) is 0. The molecule has 0 bridgehead atoms. The zero-order chi connectivity index (χ0) is 11.1. The van der Waals surface area contributed by atoms with Crippen molar-refractivity contribution in [3.8, 4) is 0 Å². The molecule has 0 amide bonds. The van der Waals surface area contributed by atoms with E-state index in [9.17, 15) is 0 Å². The summed E-state index contributed by atoms with van der Waals surface area (Å²) in [6.45, 7) is 10.3. The molecule has 0 aliphatic heterocycles. The smallest absolute Gasteiger partial charge is 0.0451 e. The van der Waals surface area contributed by atoms with E-state index in [1.54, 1.807) is 4.88 Å². The Kier molecular flexibility index (Phi) is 2.91. The number of hydrogen-bond donors (Lipinski definition) is 1. The van der Waals surface area contributed by atoms with E-state index >= 15 is 0 Å². The molecule has 1 fully saturated rings. The molecule has 1 nitrogen and oxygen atoms in total. The van der Waals surface area contributed by atoms with Crippen LogP contribution < -0.4 is 5.32 Å². The summed E-state index contributed by atoms with van der Waals surface area (Å²) >= 11 is 1.90. The molecule has 1 aromatic rings. The lowest BCUT2D eigenvalue weighted by atomic mass is 10.0. The second-order valence-corrected chi connectivity index (χ2v) is 6.25. The van der Waals surface area contributed by atoms with Crippen molar-refractivity contribution in [1.82, 2.24) is 5.32 Å². The van der Waals surface area contributed by atoms with Crippen molar-refractivity contribution in [2.24, 2.45) is 11.3 Å². The molecule has 1 saturated carbocycles. The van der Waals surface area contributed by atoms with E-state index in [0.717, 1.165) is 12.5 Å². The van der Waals surface area contributed by atoms with Gasteiger partial charge in [0.15, 0.2) is 0 Å². The predicted octanol–water partition coefficient (Wildman–Crippen LogP) is 3.75. The summed E-state index contributed by atoms with van der Waals surface area (Å²) in [5.41, 5.74) is 2.00. The Morgan fingerprint density at radius 2 is 2.27 bits per heavy atom. The van der Waals surface area contributed by atoms with E-state index in [-0.39, 0.29) is 0 Å². The maximum atomic E-state index is 3.65. The van der Waals surface area contributed by atoms with Gasteiger partial charge >= 0.3 is 0 Å². The molecule has 15 heavy (non-hydrogen) atoms. The first-order chi connectivity index (χ1) is 7.06. The highest BCUT2D eigenvalue weighted by Crippen LogP contribution is 2.58. The van der Waals surface area contributed by atoms with Crippen LogP contribution in [0, 0.1) is 18.3 Å². The van der Waals surface area contributed by atoms with Gasteiger partial charge in [-0.2, -0.15) is 0 Å². The van der Waals surface area contributed by atoms with Crippen LogP contribution in [0.3, 0.4) is 0 Å². The fourth-order valence-electron chi connectivity index (χ4n) is 2.42. The molecule has 1 aliphatic rings. The van der Waals surface area contributed by atoms with Crippen molar-refractivity contribution in [2.45, 2.75) is 40.2 Å². The van der Waals surface area contributed by atoms with Gasteiger partial charge in [-0.05, 0) is 48.2 Å². The number of aryl methyl sites for hydroxylation is 1. The molecule has 2 unspecified atom stereocenters. The standard InChI is InChI=1S/C13H21NS/c1-5-14-11(10-8-13(10,3)4)12-9(2)6-7-15-12/h6-7,10-11,14H,5,8H2,1-4H3. The van der Waals surface area contributed by atoms with Gasteiger partial charge in [0.05, 0.1) is 0 Å². The molecule has 0 saturated heterocycles. The monoisotopic (exact) mass is 223 g/mol. The van der Waals surface area contributed by atoms with Crippen LogP contribution in [0.2, 0.25) is 0 Å². The molecular formula is C13H21NS. The molecule has 0 spiro atoms. The largest absolute Gasteiger partial charge is 0.309 e. The van der Waals surface area contributed by atoms with E-state index in [4.69, 9.17) is 0 Å². The highest BCUT2D eigenvalue weighted by Gasteiger charge is 2.50. The van der Waals surface area contributed by atoms with Crippen LogP contribution in [-0.2, 0) is 0 Å². The second-order valence-electron chi connectivity index (χ2n) is 5.30. The summed E-state index contributed by atoms with van der Waals surface area (Å²) in [5.74, 6) is 0.829. The lowest BCUT2D eigenvalue weighted by Gasteiger charge is -2.19. The van der Waals surface area contributed by atoms with Crippen molar-refractivity contribution in [3.05, 3.63) is 21.9 Å². The minimum absolute atomic E-state index is 0.545. The first-order valence-corrected chi connectivity index (χ1v) is 6.71. The fourth-order valence-corrected chi connectivity index (χ4v) is 3.48. The Morgan fingerprint density at radius 3 is 2.67 bits per heavy atom. The minimum atomic E-state index is 0.545. The molecule has 1 aliphatic carbocycles. The Morgan fingerprint density at radius 1 is 1.60 bits per heavy atom. The van der Waals surface area contributed by atoms with Gasteiger partial charge in [-0.1, -0.05) is 20.8 Å². The predicted molar refractivity (Wildman–Crippen MR) is 67.4 cm³/mol. The molecular weight excluding hydrogens is 202 g/mol. The summed E-state index contributed by atoms with van der Waals surface area (Å²) in [6, 6.07) is 2.82. The molecule has 0 radical (unpaired) electrons. The second kappa shape index (κ2) is 3.91. The molecule has 1 heterocycles. The zero-order valence-corrected chi connectivity index (χ0v) is 10.9. The Hall–Kier alpha value is -0.340. The van der Waals surface area contributed by atoms with Gasteiger partial charge in [-0.3, -0.25) is 0 Å². The van der Waals surface area contributed by atoms with Crippen molar-refractivity contribution < 1.29 is 0 Å². The average molecular weight is 223 g/mol. The van der Waals surface area contributed by atoms with E-state index < -0.39 is 0 Å². The average Bonchev–Trinajstić information content (AvgIpc) is 2.57. The molecule has 1 N–H and O–H groups in total. The van der Waals surface area contributed by atoms with Crippen LogP contribution in [0.15, 0.2) is 11.4 Å². The summed E-state index contributed by atoms with van der Waals surface area (Å²) in [6.07, 6.45) is 1.36. The van der Waals surface area contributed by atoms with Gasteiger partial charge in [0, 0.05) is 10.9 Å². The van der Waals surface area contributed by atoms with Gasteiger partial charge < -0.3 is 5.32 Å². The number of hydrogen-bond acceptors (Lipinski definition) is 2. The lowest BCUT2D eigenvalue weighted by molar-refractivity contribution is 0.427. The van der Waals surface area contributed by atoms with E-state index in [1.807, 2.05) is 11.3 Å². The van der Waals surface area contributed by atoms with E-state index in [2.05, 4.69) is 44.5 Å². The Labute approximate surface area is 96.9 Å². The molecule has 1 aromatic heterocycles. The maximum Gasteiger partial charge on any atom is 0.0451 e. The van der Waals surface area contributed by atoms with E-state index in [0.29, 0.717) is 11.5 Å². The number of rotatable bonds is 4. The van der Waals surface area contributed by atoms with Crippen molar-refractivity contribution >= 4 is 11.3 Å². The SMILES string of the molecule is CCNC(c1sccc1C)C1CC1(C)C. The Bertz CT molecular complexity index is 340. The summed E-state index contributed by atoms with van der Waals surface area (Å²) in [4.78, 5) is 1.55. The topological polar surface area (TPSA) is 12.0 Å². The highest BCUT2D eigenvalue weighted by atomic mass is 32.1. The van der Waals surface area contributed by atoms with Crippen LogP contribution in [0.1, 0.15) is 43.7 Å². The number of thiophene rings is 1. The molecule has 2 atom stereocenters. The zero-order valence-electron chi connectivity index (χ0n) is 10.1. The third-order valence-corrected chi connectivity index (χ3v) is 4.70. The molecule has 2 rings (SSSR count). The van der Waals surface area contributed by atoms with Gasteiger partial charge in [0.1, 0.15) is 0 Å². The van der Waals surface area contributed by atoms with Crippen LogP contribution in [0.25, 0.3) is 0 Å². The molecule has 84 valence electrons. The van der Waals surface area contributed by atoms with Gasteiger partial charge in [0.25, 0.3) is 0 Å². The van der Waals surface area contributed by atoms with E-state index in [1.165, 1.54) is 12.0 Å². The molecule has 2 heteroatoms. The highest BCUT2D eigenvalue weighted by molar-refractivity contribution is 7.10. The van der Waals surface area contributed by atoms with Crippen LogP contribution in [0.4, 0.5) is 0 Å². The van der Waals surface area contributed by atoms with Crippen LogP contribution in [-0.4, -0.2) is 6.54 Å². The maximum absolute atomic E-state index is 3.65. The summed E-state index contributed by atoms with van der Waals surface area (Å²) in [5, 5.41) is 5.87. The van der Waals surface area contributed by atoms with Crippen LogP contribution in [0.5, 0.6) is 0 Å². The van der Waals surface area contributed by atoms with Crippen molar-refractivity contribution in [2.75, 3.05) is 6.54 Å². The van der Waals surface area contributed by atoms with Crippen molar-refractivity contribution in [3.63, 3.8) is 0 Å². The van der Waals surface area contributed by atoms with Crippen LogP contribution >= 0.6 is 11.3 Å². The quantitative estimate of drug-likeness (QED) is 0.819. The normalized spacial score (nSPS) is 25.2. The lowest BCUT2D eigenvalue weighted by Crippen LogP contribution is -2.24.